The minimum absolute atomic E-state index is 0.513. The van der Waals surface area contributed by atoms with E-state index in [2.05, 4.69) is 5.10 Å². The highest BCUT2D eigenvalue weighted by Gasteiger charge is 1.99. The number of hydrogen-bond donors (Lipinski definition) is 2. The fourth-order valence-corrected chi connectivity index (χ4v) is 1.24. The molecule has 0 unspecified atom stereocenters. The van der Waals surface area contributed by atoms with Gasteiger partial charge in [-0.1, -0.05) is 12.1 Å². The highest BCUT2D eigenvalue weighted by Crippen LogP contribution is 2.13. The van der Waals surface area contributed by atoms with Crippen molar-refractivity contribution in [1.29, 1.82) is 0 Å². The number of nitrogens with two attached hydrogens (primary N) is 2. The van der Waals surface area contributed by atoms with E-state index in [0.29, 0.717) is 12.8 Å². The molecule has 0 heterocycles. The van der Waals surface area contributed by atoms with Gasteiger partial charge in [-0.2, -0.15) is 5.10 Å². The molecule has 0 aliphatic carbocycles. The largest absolute Gasteiger partial charge is 0.322 e. The van der Waals surface area contributed by atoms with Crippen molar-refractivity contribution < 1.29 is 4.79 Å². The molecule has 0 aliphatic rings. The Labute approximate surface area is 88.3 Å². The zero-order chi connectivity index (χ0) is 11.1. The van der Waals surface area contributed by atoms with Crippen molar-refractivity contribution in [3.63, 3.8) is 0 Å². The van der Waals surface area contributed by atoms with Gasteiger partial charge in [-0.25, -0.2) is 5.84 Å². The molecule has 80 valence electrons. The summed E-state index contributed by atoms with van der Waals surface area (Å²) in [4.78, 5) is 10.2. The Morgan fingerprint density at radius 2 is 2.27 bits per heavy atom. The first-order chi connectivity index (χ1) is 7.27. The van der Waals surface area contributed by atoms with Crippen molar-refractivity contribution in [2.45, 2.75) is 12.8 Å². The fraction of sp³-hybridized carbons (Fsp3) is 0.200. The average Bonchev–Trinajstić information content (AvgIpc) is 2.27. The average molecular weight is 206 g/mol. The second-order valence-corrected chi connectivity index (χ2v) is 3.05. The lowest BCUT2D eigenvalue weighted by atomic mass is 10.1. The minimum atomic E-state index is 0.513. The minimum Gasteiger partial charge on any atom is -0.322 e. The quantitative estimate of drug-likeness (QED) is 0.240. The van der Waals surface area contributed by atoms with Crippen molar-refractivity contribution in [2.75, 3.05) is 5.01 Å². The molecule has 0 amide bonds. The smallest absolute Gasteiger partial charge is 0.129 e. The van der Waals surface area contributed by atoms with E-state index in [0.717, 1.165) is 17.5 Å². The summed E-state index contributed by atoms with van der Waals surface area (Å²) >= 11 is 0. The summed E-state index contributed by atoms with van der Waals surface area (Å²) in [5, 5.41) is 4.65. The Hall–Kier alpha value is -1.88. The van der Waals surface area contributed by atoms with Gasteiger partial charge in [-0.15, -0.1) is 0 Å². The summed E-state index contributed by atoms with van der Waals surface area (Å²) in [5.74, 6) is 10.6. The van der Waals surface area contributed by atoms with Crippen molar-refractivity contribution in [2.24, 2.45) is 16.8 Å². The molecule has 0 radical (unpaired) electrons. The number of carbonyl (C=O) groups excluding carboxylic acids is 1. The van der Waals surface area contributed by atoms with Crippen LogP contribution in [-0.4, -0.2) is 12.6 Å². The van der Waals surface area contributed by atoms with E-state index in [1.54, 1.807) is 0 Å². The lowest BCUT2D eigenvalue weighted by molar-refractivity contribution is -0.107. The highest BCUT2D eigenvalue weighted by molar-refractivity contribution is 5.77. The monoisotopic (exact) mass is 206 g/mol. The molecule has 5 heteroatoms. The Kier molecular flexibility index (Phi) is 4.30. The van der Waals surface area contributed by atoms with Gasteiger partial charge in [0.25, 0.3) is 0 Å². The van der Waals surface area contributed by atoms with E-state index in [9.17, 15) is 4.79 Å². The predicted molar refractivity (Wildman–Crippen MR) is 60.2 cm³/mol. The Morgan fingerprint density at radius 1 is 1.47 bits per heavy atom. The Bertz CT molecular complexity index is 351. The number of hydrogen-bond acceptors (Lipinski definition) is 4. The van der Waals surface area contributed by atoms with Gasteiger partial charge >= 0.3 is 0 Å². The zero-order valence-electron chi connectivity index (χ0n) is 8.34. The number of aldehydes is 1. The van der Waals surface area contributed by atoms with Gasteiger partial charge in [0, 0.05) is 6.42 Å². The first-order valence-corrected chi connectivity index (χ1v) is 4.58. The summed E-state index contributed by atoms with van der Waals surface area (Å²) in [5.41, 5.74) is 1.84. The van der Waals surface area contributed by atoms with Crippen LogP contribution in [0.5, 0.6) is 0 Å². The Balaban J connectivity index is 2.77. The third-order valence-electron chi connectivity index (χ3n) is 1.95. The molecule has 0 bridgehead atoms. The maximum Gasteiger partial charge on any atom is 0.129 e. The molecule has 4 N–H and O–H groups in total. The molecule has 15 heavy (non-hydrogen) atoms. The molecule has 0 atom stereocenters. The molecule has 0 spiro atoms. The van der Waals surface area contributed by atoms with Crippen LogP contribution in [0, 0.1) is 0 Å². The van der Waals surface area contributed by atoms with E-state index in [-0.39, 0.29) is 0 Å². The maximum atomic E-state index is 10.2. The van der Waals surface area contributed by atoms with Gasteiger partial charge in [0.1, 0.15) is 12.6 Å². The van der Waals surface area contributed by atoms with E-state index in [4.69, 9.17) is 11.7 Å². The number of hydrazine groups is 1. The van der Waals surface area contributed by atoms with Crippen LogP contribution in [0.25, 0.3) is 0 Å². The fourth-order valence-electron chi connectivity index (χ4n) is 1.24. The van der Waals surface area contributed by atoms with Crippen LogP contribution in [0.4, 0.5) is 5.69 Å². The first-order valence-electron chi connectivity index (χ1n) is 4.58. The van der Waals surface area contributed by atoms with E-state index in [1.165, 1.54) is 11.3 Å². The van der Waals surface area contributed by atoms with E-state index >= 15 is 0 Å². The lowest BCUT2D eigenvalue weighted by Gasteiger charge is -2.12. The summed E-state index contributed by atoms with van der Waals surface area (Å²) in [6.07, 6.45) is 3.44. The third-order valence-corrected chi connectivity index (χ3v) is 1.95. The molecule has 1 rings (SSSR count). The van der Waals surface area contributed by atoms with Crippen molar-refractivity contribution >= 4 is 18.3 Å². The molecule has 1 aromatic carbocycles. The van der Waals surface area contributed by atoms with Crippen LogP contribution in [-0.2, 0) is 11.2 Å². The number of anilines is 1. The van der Waals surface area contributed by atoms with Gasteiger partial charge in [0.05, 0.1) is 5.69 Å². The highest BCUT2D eigenvalue weighted by atomic mass is 16.1. The second-order valence-electron chi connectivity index (χ2n) is 3.05. The van der Waals surface area contributed by atoms with Crippen LogP contribution in [0.3, 0.4) is 0 Å². The summed E-state index contributed by atoms with van der Waals surface area (Å²) in [6, 6.07) is 7.55. The van der Waals surface area contributed by atoms with E-state index < -0.39 is 0 Å². The number of benzene rings is 1. The number of aryl methyl sites for hydroxylation is 1. The van der Waals surface area contributed by atoms with Gasteiger partial charge in [0.2, 0.25) is 0 Å². The number of nitrogens with zero attached hydrogens (tertiary/aromatic N) is 2. The summed E-state index contributed by atoms with van der Waals surface area (Å²) in [7, 11) is 0. The zero-order valence-corrected chi connectivity index (χ0v) is 8.34. The van der Waals surface area contributed by atoms with Crippen molar-refractivity contribution in [3.05, 3.63) is 29.8 Å². The molecule has 1 aromatic rings. The summed E-state index contributed by atoms with van der Waals surface area (Å²) in [6.45, 7) is 0. The lowest BCUT2D eigenvalue weighted by Crippen LogP contribution is -2.29. The van der Waals surface area contributed by atoms with Crippen molar-refractivity contribution in [3.8, 4) is 0 Å². The molecule has 0 aromatic heterocycles. The van der Waals surface area contributed by atoms with Crippen LogP contribution < -0.4 is 16.7 Å². The second kappa shape index (κ2) is 5.77. The molecular weight excluding hydrogens is 192 g/mol. The number of carbonyl (C=O) groups is 1. The standard InChI is InChI=1S/C10H14N4O/c11-13-8-14(12)10-5-1-3-9(7-10)4-2-6-15/h1,3,5-8H,2,4,11-12H2/b13-8-. The normalized spacial score (nSPS) is 10.5. The summed E-state index contributed by atoms with van der Waals surface area (Å²) < 4.78 is 0. The van der Waals surface area contributed by atoms with E-state index in [1.807, 2.05) is 24.3 Å². The van der Waals surface area contributed by atoms with Gasteiger partial charge in [0.15, 0.2) is 0 Å². The molecule has 0 aliphatic heterocycles. The first kappa shape index (κ1) is 11.2. The SMILES string of the molecule is N/N=C\N(N)c1cccc(CCC=O)c1. The predicted octanol–water partition coefficient (Wildman–Crippen LogP) is 0.400. The van der Waals surface area contributed by atoms with Crippen molar-refractivity contribution in [1.82, 2.24) is 0 Å². The van der Waals surface area contributed by atoms with Crippen LogP contribution >= 0.6 is 0 Å². The molecule has 0 saturated carbocycles. The van der Waals surface area contributed by atoms with Gasteiger partial charge in [-0.05, 0) is 24.1 Å². The van der Waals surface area contributed by atoms with Gasteiger partial charge in [-0.3, -0.25) is 5.01 Å². The molecule has 0 fully saturated rings. The molecular formula is C10H14N4O. The maximum absolute atomic E-state index is 10.2. The Morgan fingerprint density at radius 3 is 2.93 bits per heavy atom. The van der Waals surface area contributed by atoms with Gasteiger partial charge < -0.3 is 10.6 Å². The molecule has 0 saturated heterocycles. The van der Waals surface area contributed by atoms with Crippen LogP contribution in [0.1, 0.15) is 12.0 Å². The number of rotatable bonds is 5. The topological polar surface area (TPSA) is 84.7 Å². The van der Waals surface area contributed by atoms with Crippen LogP contribution in [0.15, 0.2) is 29.4 Å². The number of hydrazone groups is 1. The third kappa shape index (κ3) is 3.40. The van der Waals surface area contributed by atoms with Crippen LogP contribution in [0.2, 0.25) is 0 Å². The molecule has 5 nitrogen and oxygen atoms in total.